The van der Waals surface area contributed by atoms with Crippen molar-refractivity contribution in [3.63, 3.8) is 0 Å². The molecule has 5 heteroatoms. The van der Waals surface area contributed by atoms with E-state index in [2.05, 4.69) is 10.2 Å². The lowest BCUT2D eigenvalue weighted by atomic mass is 10.1. The second-order valence-corrected chi connectivity index (χ2v) is 6.59. The van der Waals surface area contributed by atoms with Gasteiger partial charge in [-0.1, -0.05) is 11.6 Å². The molecule has 0 aromatic heterocycles. The maximum absolute atomic E-state index is 11.9. The molecule has 0 radical (unpaired) electrons. The standard InChI is InChI=1S/C16H19ClN2O2/c17-13-3-4-14-12(6-8-21-14)15(13)19-7-5-11(9-19)18-16(20)10-1-2-10/h3-4,10-11H,1-2,5-9H2,(H,18,20). The van der Waals surface area contributed by atoms with Crippen molar-refractivity contribution in [1.29, 1.82) is 0 Å². The Morgan fingerprint density at radius 3 is 3.00 bits per heavy atom. The number of nitrogens with zero attached hydrogens (tertiary/aromatic N) is 1. The summed E-state index contributed by atoms with van der Waals surface area (Å²) >= 11 is 6.42. The minimum absolute atomic E-state index is 0.231. The SMILES string of the molecule is O=C(NC1CCN(c2c(Cl)ccc3c2CCO3)C1)C1CC1. The van der Waals surface area contributed by atoms with E-state index in [1.165, 1.54) is 5.56 Å². The predicted octanol–water partition coefficient (Wildman–Crippen LogP) is 2.38. The van der Waals surface area contributed by atoms with Gasteiger partial charge in [0, 0.05) is 37.0 Å². The third kappa shape index (κ3) is 2.46. The Bertz CT molecular complexity index is 586. The molecule has 1 amide bonds. The fourth-order valence-electron chi connectivity index (χ4n) is 3.32. The van der Waals surface area contributed by atoms with Crippen LogP contribution in [0.2, 0.25) is 5.02 Å². The van der Waals surface area contributed by atoms with Crippen LogP contribution in [0.15, 0.2) is 12.1 Å². The van der Waals surface area contributed by atoms with E-state index in [-0.39, 0.29) is 17.9 Å². The average molecular weight is 307 g/mol. The van der Waals surface area contributed by atoms with E-state index in [1.54, 1.807) is 0 Å². The summed E-state index contributed by atoms with van der Waals surface area (Å²) in [4.78, 5) is 14.2. The molecular weight excluding hydrogens is 288 g/mol. The first-order chi connectivity index (χ1) is 10.2. The molecule has 4 nitrogen and oxygen atoms in total. The van der Waals surface area contributed by atoms with E-state index in [4.69, 9.17) is 16.3 Å². The van der Waals surface area contributed by atoms with Gasteiger partial charge in [0.1, 0.15) is 5.75 Å². The summed E-state index contributed by atoms with van der Waals surface area (Å²) in [5.41, 5.74) is 2.33. The van der Waals surface area contributed by atoms with E-state index in [1.807, 2.05) is 12.1 Å². The highest BCUT2D eigenvalue weighted by atomic mass is 35.5. The molecule has 1 aromatic carbocycles. The van der Waals surface area contributed by atoms with Gasteiger partial charge in [0.25, 0.3) is 0 Å². The van der Waals surface area contributed by atoms with Gasteiger partial charge in [0.2, 0.25) is 5.91 Å². The van der Waals surface area contributed by atoms with E-state index < -0.39 is 0 Å². The summed E-state index contributed by atoms with van der Waals surface area (Å²) in [6, 6.07) is 4.11. The summed E-state index contributed by atoms with van der Waals surface area (Å²) in [7, 11) is 0. The van der Waals surface area contributed by atoms with Crippen LogP contribution in [0.25, 0.3) is 0 Å². The number of hydrogen-bond acceptors (Lipinski definition) is 3. The van der Waals surface area contributed by atoms with Gasteiger partial charge in [-0.05, 0) is 31.4 Å². The van der Waals surface area contributed by atoms with E-state index >= 15 is 0 Å². The number of ether oxygens (including phenoxy) is 1. The summed E-state index contributed by atoms with van der Waals surface area (Å²) < 4.78 is 5.63. The van der Waals surface area contributed by atoms with Crippen LogP contribution in [-0.2, 0) is 11.2 Å². The molecule has 2 aliphatic heterocycles. The molecule has 1 aromatic rings. The third-order valence-corrected chi connectivity index (χ3v) is 4.90. The Labute approximate surface area is 129 Å². The van der Waals surface area contributed by atoms with Crippen LogP contribution in [0.4, 0.5) is 5.69 Å². The zero-order valence-corrected chi connectivity index (χ0v) is 12.7. The first kappa shape index (κ1) is 13.3. The van der Waals surface area contributed by atoms with Gasteiger partial charge in [-0.2, -0.15) is 0 Å². The number of carbonyl (C=O) groups is 1. The topological polar surface area (TPSA) is 41.6 Å². The zero-order valence-electron chi connectivity index (χ0n) is 11.9. The maximum Gasteiger partial charge on any atom is 0.223 e. The molecular formula is C16H19ClN2O2. The van der Waals surface area contributed by atoms with E-state index in [0.29, 0.717) is 0 Å². The van der Waals surface area contributed by atoms with Crippen molar-refractivity contribution >= 4 is 23.2 Å². The van der Waals surface area contributed by atoms with Gasteiger partial charge < -0.3 is 15.0 Å². The minimum Gasteiger partial charge on any atom is -0.493 e. The number of anilines is 1. The number of hydrogen-bond donors (Lipinski definition) is 1. The smallest absolute Gasteiger partial charge is 0.223 e. The van der Waals surface area contributed by atoms with Crippen molar-refractivity contribution in [1.82, 2.24) is 5.32 Å². The molecule has 21 heavy (non-hydrogen) atoms. The summed E-state index contributed by atoms with van der Waals surface area (Å²) in [6.07, 6.45) is 4.01. The van der Waals surface area contributed by atoms with Gasteiger partial charge in [0.15, 0.2) is 0 Å². The number of halogens is 1. The van der Waals surface area contributed by atoms with Crippen molar-refractivity contribution in [2.75, 3.05) is 24.6 Å². The number of amides is 1. The molecule has 1 atom stereocenters. The van der Waals surface area contributed by atoms with Crippen molar-refractivity contribution < 1.29 is 9.53 Å². The Hall–Kier alpha value is -1.42. The largest absolute Gasteiger partial charge is 0.493 e. The lowest BCUT2D eigenvalue weighted by Crippen LogP contribution is -2.38. The zero-order chi connectivity index (χ0) is 14.4. The fourth-order valence-corrected chi connectivity index (χ4v) is 3.61. The predicted molar refractivity (Wildman–Crippen MR) is 82.1 cm³/mol. The van der Waals surface area contributed by atoms with Crippen LogP contribution in [-0.4, -0.2) is 31.6 Å². The third-order valence-electron chi connectivity index (χ3n) is 4.60. The molecule has 4 rings (SSSR count). The van der Waals surface area contributed by atoms with Crippen molar-refractivity contribution in [3.8, 4) is 5.75 Å². The Balaban J connectivity index is 1.50. The number of rotatable bonds is 3. The second kappa shape index (κ2) is 5.09. The molecule has 2 fully saturated rings. The number of carbonyl (C=O) groups excluding carboxylic acids is 1. The Morgan fingerprint density at radius 1 is 1.33 bits per heavy atom. The molecule has 0 spiro atoms. The molecule has 1 unspecified atom stereocenters. The van der Waals surface area contributed by atoms with Crippen LogP contribution in [0.3, 0.4) is 0 Å². The van der Waals surface area contributed by atoms with Crippen molar-refractivity contribution in [3.05, 3.63) is 22.7 Å². The highest BCUT2D eigenvalue weighted by Gasteiger charge is 2.34. The normalized spacial score (nSPS) is 23.9. The minimum atomic E-state index is 0.231. The second-order valence-electron chi connectivity index (χ2n) is 6.19. The Morgan fingerprint density at radius 2 is 2.19 bits per heavy atom. The van der Waals surface area contributed by atoms with Crippen LogP contribution in [0.5, 0.6) is 5.75 Å². The first-order valence-corrected chi connectivity index (χ1v) is 8.09. The van der Waals surface area contributed by atoms with Gasteiger partial charge in [-0.3, -0.25) is 4.79 Å². The van der Waals surface area contributed by atoms with Gasteiger partial charge >= 0.3 is 0 Å². The summed E-state index contributed by atoms with van der Waals surface area (Å²) in [5.74, 6) is 1.46. The van der Waals surface area contributed by atoms with E-state index in [0.717, 1.165) is 61.8 Å². The fraction of sp³-hybridized carbons (Fsp3) is 0.562. The number of nitrogens with one attached hydrogen (secondary N) is 1. The van der Waals surface area contributed by atoms with Crippen LogP contribution < -0.4 is 15.0 Å². The molecule has 112 valence electrons. The monoisotopic (exact) mass is 306 g/mol. The lowest BCUT2D eigenvalue weighted by Gasteiger charge is -2.23. The average Bonchev–Trinajstić information content (AvgIpc) is 3.06. The van der Waals surface area contributed by atoms with Gasteiger partial charge in [-0.15, -0.1) is 0 Å². The van der Waals surface area contributed by atoms with Crippen molar-refractivity contribution in [2.24, 2.45) is 5.92 Å². The molecule has 1 saturated heterocycles. The summed E-state index contributed by atoms with van der Waals surface area (Å²) in [6.45, 7) is 2.51. The van der Waals surface area contributed by atoms with Gasteiger partial charge in [0.05, 0.1) is 17.3 Å². The number of benzene rings is 1. The molecule has 1 saturated carbocycles. The van der Waals surface area contributed by atoms with E-state index in [9.17, 15) is 4.79 Å². The first-order valence-electron chi connectivity index (χ1n) is 7.72. The highest BCUT2D eigenvalue weighted by molar-refractivity contribution is 6.33. The molecule has 1 aliphatic carbocycles. The molecule has 3 aliphatic rings. The molecule has 2 heterocycles. The molecule has 0 bridgehead atoms. The number of fused-ring (bicyclic) bond motifs is 1. The van der Waals surface area contributed by atoms with Crippen molar-refractivity contribution in [2.45, 2.75) is 31.7 Å². The summed E-state index contributed by atoms with van der Waals surface area (Å²) in [5, 5.41) is 3.96. The van der Waals surface area contributed by atoms with Gasteiger partial charge in [-0.25, -0.2) is 0 Å². The maximum atomic E-state index is 11.9. The van der Waals surface area contributed by atoms with Crippen LogP contribution in [0, 0.1) is 5.92 Å². The molecule has 1 N–H and O–H groups in total. The highest BCUT2D eigenvalue weighted by Crippen LogP contribution is 2.40. The van der Waals surface area contributed by atoms with Crippen LogP contribution >= 0.6 is 11.6 Å². The Kier molecular flexibility index (Phi) is 3.21. The lowest BCUT2D eigenvalue weighted by molar-refractivity contribution is -0.122. The van der Waals surface area contributed by atoms with Crippen LogP contribution in [0.1, 0.15) is 24.8 Å². The quantitative estimate of drug-likeness (QED) is 0.932.